The van der Waals surface area contributed by atoms with Crippen LogP contribution < -0.4 is 5.32 Å². The maximum Gasteiger partial charge on any atom is 0.407 e. The molecule has 1 aliphatic carbocycles. The summed E-state index contributed by atoms with van der Waals surface area (Å²) in [5.41, 5.74) is 0.399. The van der Waals surface area contributed by atoms with Crippen molar-refractivity contribution in [2.24, 2.45) is 11.8 Å². The monoisotopic (exact) mass is 421 g/mol. The highest BCUT2D eigenvalue weighted by Crippen LogP contribution is 2.33. The van der Waals surface area contributed by atoms with E-state index in [1.165, 1.54) is 39.2 Å². The molecule has 0 radical (unpaired) electrons. The van der Waals surface area contributed by atoms with Gasteiger partial charge in [0.15, 0.2) is 0 Å². The third-order valence-electron chi connectivity index (χ3n) is 5.86. The van der Waals surface area contributed by atoms with Crippen LogP contribution in [0.5, 0.6) is 0 Å². The van der Waals surface area contributed by atoms with Crippen LogP contribution in [0, 0.1) is 11.8 Å². The first-order valence-electron chi connectivity index (χ1n) is 11.3. The van der Waals surface area contributed by atoms with Crippen molar-refractivity contribution < 1.29 is 19.1 Å². The minimum absolute atomic E-state index is 0.231. The summed E-state index contributed by atoms with van der Waals surface area (Å²) in [5, 5.41) is 2.74. The number of carbonyl (C=O) groups is 2. The van der Waals surface area contributed by atoms with Gasteiger partial charge in [0.1, 0.15) is 5.60 Å². The van der Waals surface area contributed by atoms with Gasteiger partial charge >= 0.3 is 12.1 Å². The van der Waals surface area contributed by atoms with Crippen LogP contribution in [0.1, 0.15) is 84.4 Å². The minimum Gasteiger partial charge on any atom is -0.469 e. The zero-order valence-electron chi connectivity index (χ0n) is 19.3. The third kappa shape index (κ3) is 8.00. The van der Waals surface area contributed by atoms with Gasteiger partial charge in [-0.2, -0.15) is 0 Å². The van der Waals surface area contributed by atoms with Gasteiger partial charge in [-0.15, -0.1) is 0 Å². The maximum atomic E-state index is 12.2. The first-order valence-corrected chi connectivity index (χ1v) is 11.3. The molecule has 1 amide bonds. The lowest BCUT2D eigenvalue weighted by atomic mass is 9.84. The van der Waals surface area contributed by atoms with Crippen LogP contribution in [-0.2, 0) is 20.7 Å². The molecular weight excluding hydrogens is 382 g/mol. The van der Waals surface area contributed by atoms with Gasteiger partial charge in [0.25, 0.3) is 0 Å². The molecule has 1 N–H and O–H groups in total. The number of imidazole rings is 1. The van der Waals surface area contributed by atoms with Crippen molar-refractivity contribution >= 4 is 12.1 Å². The number of nitrogens with zero attached hydrogens (tertiary/aromatic N) is 2. The van der Waals surface area contributed by atoms with E-state index in [1.807, 2.05) is 27.1 Å². The molecule has 0 aromatic carbocycles. The fraction of sp³-hybridized carbons (Fsp3) is 0.783. The quantitative estimate of drug-likeness (QED) is 0.463. The Hall–Kier alpha value is -2.05. The third-order valence-corrected chi connectivity index (χ3v) is 5.86. The Labute approximate surface area is 180 Å². The van der Waals surface area contributed by atoms with Crippen LogP contribution in [0.25, 0.3) is 0 Å². The Bertz CT molecular complexity index is 672. The van der Waals surface area contributed by atoms with Gasteiger partial charge in [-0.1, -0.05) is 13.3 Å². The van der Waals surface area contributed by atoms with E-state index in [-0.39, 0.29) is 11.9 Å². The standard InChI is InChI=1S/C23H39N3O4/c1-6-17-9-11-20(12-10-17)26-15-19(25-16-26)14-18(21(27)29-5)8-7-13-24-22(28)30-23(2,3)4/h15-18,20H,6-14H2,1-5H3,(H,24,28). The summed E-state index contributed by atoms with van der Waals surface area (Å²) >= 11 is 0. The number of alkyl carbamates (subject to hydrolysis) is 1. The zero-order chi connectivity index (χ0) is 22.1. The second-order valence-electron chi connectivity index (χ2n) is 9.39. The number of esters is 1. The van der Waals surface area contributed by atoms with Crippen molar-refractivity contribution in [2.45, 2.75) is 90.7 Å². The number of aromatic nitrogens is 2. The summed E-state index contributed by atoms with van der Waals surface area (Å²) in [6, 6.07) is 0.517. The summed E-state index contributed by atoms with van der Waals surface area (Å²) < 4.78 is 12.4. The molecule has 0 bridgehead atoms. The molecule has 7 nitrogen and oxygen atoms in total. The number of carbonyl (C=O) groups excluding carboxylic acids is 2. The van der Waals surface area contributed by atoms with Gasteiger partial charge in [0.05, 0.1) is 25.0 Å². The van der Waals surface area contributed by atoms with Gasteiger partial charge in [0.2, 0.25) is 0 Å². The van der Waals surface area contributed by atoms with E-state index in [2.05, 4.69) is 28.0 Å². The molecule has 30 heavy (non-hydrogen) atoms. The number of ether oxygens (including phenoxy) is 2. The first kappa shape index (κ1) is 24.2. The lowest BCUT2D eigenvalue weighted by Gasteiger charge is -2.28. The van der Waals surface area contributed by atoms with Crippen LogP contribution >= 0.6 is 0 Å². The zero-order valence-corrected chi connectivity index (χ0v) is 19.3. The lowest BCUT2D eigenvalue weighted by Crippen LogP contribution is -2.33. The predicted molar refractivity (Wildman–Crippen MR) is 116 cm³/mol. The van der Waals surface area contributed by atoms with E-state index in [4.69, 9.17) is 9.47 Å². The summed E-state index contributed by atoms with van der Waals surface area (Å²) in [6.07, 6.45) is 11.6. The summed E-state index contributed by atoms with van der Waals surface area (Å²) in [6.45, 7) is 8.21. The number of methoxy groups -OCH3 is 1. The van der Waals surface area contributed by atoms with E-state index in [0.29, 0.717) is 31.8 Å². The van der Waals surface area contributed by atoms with E-state index < -0.39 is 11.7 Å². The molecule has 1 atom stereocenters. The summed E-state index contributed by atoms with van der Waals surface area (Å²) in [4.78, 5) is 28.5. The average Bonchev–Trinajstić information content (AvgIpc) is 3.17. The SMILES string of the molecule is CCC1CCC(n2cnc(CC(CCCNC(=O)OC(C)(C)C)C(=O)OC)c2)CC1. The molecule has 1 heterocycles. The van der Waals surface area contributed by atoms with Crippen LogP contribution in [0.2, 0.25) is 0 Å². The van der Waals surface area contributed by atoms with Crippen molar-refractivity contribution in [2.75, 3.05) is 13.7 Å². The van der Waals surface area contributed by atoms with Crippen molar-refractivity contribution in [1.29, 1.82) is 0 Å². The van der Waals surface area contributed by atoms with Crippen molar-refractivity contribution in [3.63, 3.8) is 0 Å². The molecule has 1 fully saturated rings. The highest BCUT2D eigenvalue weighted by Gasteiger charge is 2.24. The molecule has 1 aliphatic rings. The normalized spacial score (nSPS) is 20.4. The Morgan fingerprint density at radius 1 is 1.27 bits per heavy atom. The smallest absolute Gasteiger partial charge is 0.407 e. The molecule has 1 aromatic heterocycles. The average molecular weight is 422 g/mol. The van der Waals surface area contributed by atoms with Crippen LogP contribution in [-0.4, -0.2) is 40.9 Å². The molecule has 170 valence electrons. The molecular formula is C23H39N3O4. The fourth-order valence-electron chi connectivity index (χ4n) is 4.11. The van der Waals surface area contributed by atoms with Crippen LogP contribution in [0.4, 0.5) is 4.79 Å². The molecule has 1 aromatic rings. The number of amides is 1. The Kier molecular flexibility index (Phi) is 9.18. The number of nitrogens with one attached hydrogen (secondary N) is 1. The van der Waals surface area contributed by atoms with Crippen molar-refractivity contribution in [1.82, 2.24) is 14.9 Å². The van der Waals surface area contributed by atoms with Crippen molar-refractivity contribution in [3.05, 3.63) is 18.2 Å². The maximum absolute atomic E-state index is 12.2. The molecule has 2 rings (SSSR count). The Morgan fingerprint density at radius 3 is 2.57 bits per heavy atom. The van der Waals surface area contributed by atoms with Gasteiger partial charge in [-0.3, -0.25) is 4.79 Å². The van der Waals surface area contributed by atoms with Gasteiger partial charge < -0.3 is 19.4 Å². The van der Waals surface area contributed by atoms with E-state index >= 15 is 0 Å². The highest BCUT2D eigenvalue weighted by atomic mass is 16.6. The van der Waals surface area contributed by atoms with Crippen molar-refractivity contribution in [3.8, 4) is 0 Å². The first-order chi connectivity index (χ1) is 14.2. The number of rotatable bonds is 9. The molecule has 7 heteroatoms. The largest absolute Gasteiger partial charge is 0.469 e. The second kappa shape index (κ2) is 11.4. The molecule has 0 aliphatic heterocycles. The Morgan fingerprint density at radius 2 is 1.97 bits per heavy atom. The molecule has 1 unspecified atom stereocenters. The summed E-state index contributed by atoms with van der Waals surface area (Å²) in [7, 11) is 1.42. The Balaban J connectivity index is 1.83. The van der Waals surface area contributed by atoms with Gasteiger partial charge in [-0.25, -0.2) is 9.78 Å². The van der Waals surface area contributed by atoms with E-state index in [1.54, 1.807) is 0 Å². The second-order valence-corrected chi connectivity index (χ2v) is 9.39. The number of hydrogen-bond acceptors (Lipinski definition) is 5. The molecule has 0 saturated heterocycles. The van der Waals surface area contributed by atoms with Gasteiger partial charge in [0, 0.05) is 25.2 Å². The van der Waals surface area contributed by atoms with Crippen LogP contribution in [0.15, 0.2) is 12.5 Å². The molecule has 1 saturated carbocycles. The van der Waals surface area contributed by atoms with Gasteiger partial charge in [-0.05, 0) is 65.2 Å². The lowest BCUT2D eigenvalue weighted by molar-refractivity contribution is -0.145. The fourth-order valence-corrected chi connectivity index (χ4v) is 4.11. The number of hydrogen-bond donors (Lipinski definition) is 1. The summed E-state index contributed by atoms with van der Waals surface area (Å²) in [5.74, 6) is 0.363. The van der Waals surface area contributed by atoms with E-state index in [9.17, 15) is 9.59 Å². The van der Waals surface area contributed by atoms with E-state index in [0.717, 1.165) is 11.6 Å². The topological polar surface area (TPSA) is 82.5 Å². The highest BCUT2D eigenvalue weighted by molar-refractivity contribution is 5.72. The molecule has 0 spiro atoms. The predicted octanol–water partition coefficient (Wildman–Crippen LogP) is 4.66. The minimum atomic E-state index is -0.521. The van der Waals surface area contributed by atoms with Crippen LogP contribution in [0.3, 0.4) is 0 Å².